The summed E-state index contributed by atoms with van der Waals surface area (Å²) in [6.07, 6.45) is 7.56. The van der Waals surface area contributed by atoms with Crippen LogP contribution in [0.3, 0.4) is 0 Å². The summed E-state index contributed by atoms with van der Waals surface area (Å²) in [4.78, 5) is 16.5. The number of ether oxygens (including phenoxy) is 2. The van der Waals surface area contributed by atoms with Crippen molar-refractivity contribution in [3.63, 3.8) is 0 Å². The van der Waals surface area contributed by atoms with Gasteiger partial charge in [0.05, 0.1) is 17.9 Å². The fourth-order valence-electron chi connectivity index (χ4n) is 2.76. The van der Waals surface area contributed by atoms with Gasteiger partial charge in [0.25, 0.3) is 0 Å². The minimum atomic E-state index is -0.433. The highest BCUT2D eigenvalue weighted by atomic mass is 19.1. The lowest BCUT2D eigenvalue weighted by molar-refractivity contribution is 0.0525. The predicted molar refractivity (Wildman–Crippen MR) is 92.4 cm³/mol. The average molecular weight is 344 g/mol. The number of aromatic nitrogens is 2. The van der Waals surface area contributed by atoms with Gasteiger partial charge >= 0.3 is 5.97 Å². The SMILES string of the molecule is CCOC(=O)c1cc(OCC2=C(F)CC(C)C=C2)c2nc(C)cn2c1. The molecule has 6 heteroatoms. The van der Waals surface area contributed by atoms with Gasteiger partial charge in [0.1, 0.15) is 12.4 Å². The van der Waals surface area contributed by atoms with Crippen LogP contribution in [0.4, 0.5) is 4.39 Å². The molecule has 5 nitrogen and oxygen atoms in total. The molecule has 2 aromatic heterocycles. The Morgan fingerprint density at radius 1 is 1.44 bits per heavy atom. The Kier molecular flexibility index (Phi) is 4.88. The summed E-state index contributed by atoms with van der Waals surface area (Å²) < 4.78 is 26.7. The van der Waals surface area contributed by atoms with Gasteiger partial charge in [-0.25, -0.2) is 14.2 Å². The van der Waals surface area contributed by atoms with E-state index in [1.54, 1.807) is 35.9 Å². The third-order valence-electron chi connectivity index (χ3n) is 4.01. The molecule has 132 valence electrons. The normalized spacial score (nSPS) is 17.2. The summed E-state index contributed by atoms with van der Waals surface area (Å²) >= 11 is 0. The van der Waals surface area contributed by atoms with Crippen molar-refractivity contribution in [2.45, 2.75) is 27.2 Å². The zero-order chi connectivity index (χ0) is 18.0. The average Bonchev–Trinajstić information content (AvgIpc) is 2.94. The number of allylic oxidation sites excluding steroid dienone is 2. The van der Waals surface area contributed by atoms with Crippen LogP contribution >= 0.6 is 0 Å². The molecular weight excluding hydrogens is 323 g/mol. The first kappa shape index (κ1) is 17.2. The molecule has 2 heterocycles. The van der Waals surface area contributed by atoms with E-state index >= 15 is 0 Å². The van der Waals surface area contributed by atoms with E-state index in [9.17, 15) is 9.18 Å². The largest absolute Gasteiger partial charge is 0.485 e. The molecule has 0 saturated carbocycles. The molecule has 2 aromatic rings. The minimum absolute atomic E-state index is 0.0862. The molecule has 0 radical (unpaired) electrons. The van der Waals surface area contributed by atoms with E-state index in [-0.39, 0.29) is 25.0 Å². The van der Waals surface area contributed by atoms with Crippen LogP contribution in [-0.4, -0.2) is 28.6 Å². The van der Waals surface area contributed by atoms with Gasteiger partial charge in [-0.3, -0.25) is 0 Å². The molecule has 0 bridgehead atoms. The number of hydrogen-bond donors (Lipinski definition) is 0. The molecular formula is C19H21FN2O3. The van der Waals surface area contributed by atoms with Crippen molar-refractivity contribution >= 4 is 11.6 Å². The van der Waals surface area contributed by atoms with Crippen molar-refractivity contribution in [3.8, 4) is 5.75 Å². The quantitative estimate of drug-likeness (QED) is 0.769. The number of hydrogen-bond acceptors (Lipinski definition) is 4. The molecule has 0 fully saturated rings. The first-order chi connectivity index (χ1) is 12.0. The maximum absolute atomic E-state index is 14.1. The minimum Gasteiger partial charge on any atom is -0.485 e. The molecule has 3 rings (SSSR count). The maximum Gasteiger partial charge on any atom is 0.339 e. The van der Waals surface area contributed by atoms with Crippen molar-refractivity contribution in [1.82, 2.24) is 9.38 Å². The molecule has 1 aliphatic carbocycles. The number of aryl methyl sites for hydroxylation is 1. The van der Waals surface area contributed by atoms with E-state index in [0.29, 0.717) is 29.0 Å². The van der Waals surface area contributed by atoms with Gasteiger partial charge < -0.3 is 13.9 Å². The van der Waals surface area contributed by atoms with Gasteiger partial charge in [-0.15, -0.1) is 0 Å². The lowest BCUT2D eigenvalue weighted by Crippen LogP contribution is -2.10. The standard InChI is InChI=1S/C19H21FN2O3/c1-4-24-19(23)15-8-17(18-21-13(3)9-22(18)10-15)25-11-14-6-5-12(2)7-16(14)20/h5-6,8-10,12H,4,7,11H2,1-3H3. The van der Waals surface area contributed by atoms with E-state index in [1.165, 1.54) is 0 Å². The van der Waals surface area contributed by atoms with Crippen molar-refractivity contribution < 1.29 is 18.7 Å². The number of rotatable bonds is 5. The van der Waals surface area contributed by atoms with Crippen LogP contribution in [0.1, 0.15) is 36.3 Å². The van der Waals surface area contributed by atoms with Gasteiger partial charge in [-0.2, -0.15) is 0 Å². The van der Waals surface area contributed by atoms with Crippen molar-refractivity contribution in [2.75, 3.05) is 13.2 Å². The van der Waals surface area contributed by atoms with E-state index in [1.807, 2.05) is 19.9 Å². The lowest BCUT2D eigenvalue weighted by atomic mass is 9.98. The van der Waals surface area contributed by atoms with Crippen molar-refractivity contribution in [2.24, 2.45) is 5.92 Å². The van der Waals surface area contributed by atoms with E-state index < -0.39 is 5.97 Å². The molecule has 0 amide bonds. The molecule has 0 N–H and O–H groups in total. The third-order valence-corrected chi connectivity index (χ3v) is 4.01. The fraction of sp³-hybridized carbons (Fsp3) is 0.368. The predicted octanol–water partition coefficient (Wildman–Crippen LogP) is 4.02. The molecule has 0 spiro atoms. The second-order valence-electron chi connectivity index (χ2n) is 6.19. The molecule has 0 saturated heterocycles. The smallest absolute Gasteiger partial charge is 0.339 e. The Hall–Kier alpha value is -2.63. The summed E-state index contributed by atoms with van der Waals surface area (Å²) in [5.74, 6) is 0.0213. The summed E-state index contributed by atoms with van der Waals surface area (Å²) in [5, 5.41) is 0. The molecule has 0 aromatic carbocycles. The van der Waals surface area contributed by atoms with Crippen LogP contribution in [0.15, 0.2) is 42.0 Å². The number of fused-ring (bicyclic) bond motifs is 1. The number of nitrogens with zero attached hydrogens (tertiary/aromatic N) is 2. The van der Waals surface area contributed by atoms with Gasteiger partial charge in [0, 0.05) is 30.5 Å². The second-order valence-corrected chi connectivity index (χ2v) is 6.19. The third kappa shape index (κ3) is 3.73. The number of halogens is 1. The highest BCUT2D eigenvalue weighted by molar-refractivity contribution is 5.90. The van der Waals surface area contributed by atoms with Crippen molar-refractivity contribution in [1.29, 1.82) is 0 Å². The number of esters is 1. The highest BCUT2D eigenvalue weighted by Gasteiger charge is 2.17. The van der Waals surface area contributed by atoms with Gasteiger partial charge in [0.2, 0.25) is 0 Å². The molecule has 1 atom stereocenters. The summed E-state index contributed by atoms with van der Waals surface area (Å²) in [6, 6.07) is 1.59. The lowest BCUT2D eigenvalue weighted by Gasteiger charge is -2.15. The first-order valence-electron chi connectivity index (χ1n) is 8.33. The molecule has 0 aliphatic heterocycles. The zero-order valence-corrected chi connectivity index (χ0v) is 14.6. The second kappa shape index (κ2) is 7.09. The summed E-state index contributed by atoms with van der Waals surface area (Å²) in [7, 11) is 0. The number of pyridine rings is 1. The Morgan fingerprint density at radius 3 is 2.96 bits per heavy atom. The van der Waals surface area contributed by atoms with E-state index in [0.717, 1.165) is 5.69 Å². The Balaban J connectivity index is 1.90. The molecule has 25 heavy (non-hydrogen) atoms. The Bertz CT molecular complexity index is 867. The van der Waals surface area contributed by atoms with Gasteiger partial charge in [0.15, 0.2) is 11.4 Å². The van der Waals surface area contributed by atoms with Gasteiger partial charge in [-0.05, 0) is 19.8 Å². The fourth-order valence-corrected chi connectivity index (χ4v) is 2.76. The highest BCUT2D eigenvalue weighted by Crippen LogP contribution is 2.27. The Labute approximate surface area is 145 Å². The van der Waals surface area contributed by atoms with Crippen LogP contribution < -0.4 is 4.74 Å². The number of carbonyl (C=O) groups excluding carboxylic acids is 1. The topological polar surface area (TPSA) is 52.8 Å². The number of imidazole rings is 1. The summed E-state index contributed by atoms with van der Waals surface area (Å²) in [5.41, 5.74) is 2.26. The van der Waals surface area contributed by atoms with Crippen LogP contribution in [0, 0.1) is 12.8 Å². The Morgan fingerprint density at radius 2 is 2.24 bits per heavy atom. The molecule has 1 unspecified atom stereocenters. The number of carbonyl (C=O) groups is 1. The zero-order valence-electron chi connectivity index (χ0n) is 14.6. The van der Waals surface area contributed by atoms with E-state index in [4.69, 9.17) is 9.47 Å². The van der Waals surface area contributed by atoms with Crippen LogP contribution in [0.25, 0.3) is 5.65 Å². The van der Waals surface area contributed by atoms with Crippen LogP contribution in [0.2, 0.25) is 0 Å². The maximum atomic E-state index is 14.1. The van der Waals surface area contributed by atoms with Gasteiger partial charge in [-0.1, -0.05) is 19.1 Å². The first-order valence-corrected chi connectivity index (χ1v) is 8.33. The van der Waals surface area contributed by atoms with Crippen molar-refractivity contribution in [3.05, 3.63) is 53.3 Å². The van der Waals surface area contributed by atoms with Crippen LogP contribution in [-0.2, 0) is 4.74 Å². The van der Waals surface area contributed by atoms with Crippen LogP contribution in [0.5, 0.6) is 5.75 Å². The summed E-state index contributed by atoms with van der Waals surface area (Å²) in [6.45, 7) is 5.95. The monoisotopic (exact) mass is 344 g/mol. The molecule has 1 aliphatic rings. The van der Waals surface area contributed by atoms with E-state index in [2.05, 4.69) is 4.98 Å².